The summed E-state index contributed by atoms with van der Waals surface area (Å²) in [5.41, 5.74) is 7.11. The third kappa shape index (κ3) is 4.80. The predicted molar refractivity (Wildman–Crippen MR) is 108 cm³/mol. The van der Waals surface area contributed by atoms with E-state index in [-0.39, 0.29) is 23.3 Å². The van der Waals surface area contributed by atoms with Crippen LogP contribution < -0.4 is 5.73 Å². The highest BCUT2D eigenvalue weighted by Crippen LogP contribution is 2.26. The minimum Gasteiger partial charge on any atom is -0.448 e. The van der Waals surface area contributed by atoms with Crippen molar-refractivity contribution in [1.82, 2.24) is 9.36 Å². The van der Waals surface area contributed by atoms with E-state index >= 15 is 0 Å². The van der Waals surface area contributed by atoms with Crippen LogP contribution in [-0.4, -0.2) is 27.6 Å². The van der Waals surface area contributed by atoms with E-state index < -0.39 is 12.1 Å². The molecule has 1 heterocycles. The minimum atomic E-state index is -0.723. The van der Waals surface area contributed by atoms with E-state index in [4.69, 9.17) is 15.3 Å². The second-order valence-corrected chi connectivity index (χ2v) is 6.37. The van der Waals surface area contributed by atoms with Crippen molar-refractivity contribution in [1.29, 1.82) is 0 Å². The van der Waals surface area contributed by atoms with Gasteiger partial charge in [0, 0.05) is 11.5 Å². The Bertz CT molecular complexity index is 918. The topological polar surface area (TPSA) is 99.7 Å². The maximum atomic E-state index is 12.9. The molecule has 3 rings (SSSR count). The largest absolute Gasteiger partial charge is 0.448 e. The molecular weight excluding hydrogens is 376 g/mol. The first-order valence-electron chi connectivity index (χ1n) is 8.40. The SMILES string of the molecule is C=CCO/N=C(\C(=O)OC(c1ccccc1)c1ccccc1)c1nsc(N)n1. The van der Waals surface area contributed by atoms with Crippen LogP contribution >= 0.6 is 11.5 Å². The standard InChI is InChI=1S/C20H18N4O3S/c1-2-13-26-23-16(18-22-20(21)28-24-18)19(25)27-17(14-9-5-3-6-10-14)15-11-7-4-8-12-15/h2-12,17H,1,13H2,(H2,21,22,24)/b23-16-. The molecule has 7 nitrogen and oxygen atoms in total. The molecule has 0 atom stereocenters. The number of nitrogens with two attached hydrogens (primary N) is 1. The molecule has 0 saturated carbocycles. The lowest BCUT2D eigenvalue weighted by Gasteiger charge is -2.18. The third-order valence-electron chi connectivity index (χ3n) is 3.62. The number of hydrogen-bond acceptors (Lipinski definition) is 8. The predicted octanol–water partition coefficient (Wildman–Crippen LogP) is 3.36. The summed E-state index contributed by atoms with van der Waals surface area (Å²) >= 11 is 0.953. The molecule has 1 aromatic heterocycles. The van der Waals surface area contributed by atoms with E-state index in [0.717, 1.165) is 22.7 Å². The molecule has 0 amide bonds. The molecule has 8 heteroatoms. The Morgan fingerprint density at radius 2 is 1.75 bits per heavy atom. The van der Waals surface area contributed by atoms with Gasteiger partial charge < -0.3 is 15.3 Å². The number of anilines is 1. The van der Waals surface area contributed by atoms with Gasteiger partial charge in [-0.1, -0.05) is 78.5 Å². The molecule has 0 bridgehead atoms. The van der Waals surface area contributed by atoms with Crippen LogP contribution in [0.15, 0.2) is 78.5 Å². The van der Waals surface area contributed by atoms with Crippen molar-refractivity contribution in [3.63, 3.8) is 0 Å². The average Bonchev–Trinajstić information content (AvgIpc) is 3.16. The van der Waals surface area contributed by atoms with Crippen molar-refractivity contribution in [2.24, 2.45) is 5.16 Å². The van der Waals surface area contributed by atoms with E-state index in [1.165, 1.54) is 6.08 Å². The van der Waals surface area contributed by atoms with Gasteiger partial charge in [0.1, 0.15) is 6.61 Å². The number of carbonyl (C=O) groups excluding carboxylic acids is 1. The number of nitrogens with zero attached hydrogens (tertiary/aromatic N) is 3. The summed E-state index contributed by atoms with van der Waals surface area (Å²) in [5, 5.41) is 4.04. The Kier molecular flexibility index (Phi) is 6.48. The molecule has 0 saturated heterocycles. The highest BCUT2D eigenvalue weighted by atomic mass is 32.1. The van der Waals surface area contributed by atoms with Crippen molar-refractivity contribution in [3.05, 3.63) is 90.3 Å². The Hall–Kier alpha value is -3.52. The fraction of sp³-hybridized carbons (Fsp3) is 0.100. The van der Waals surface area contributed by atoms with Crippen molar-refractivity contribution in [3.8, 4) is 0 Å². The zero-order chi connectivity index (χ0) is 19.8. The molecule has 0 aliphatic carbocycles. The summed E-state index contributed by atoms with van der Waals surface area (Å²) < 4.78 is 9.82. The summed E-state index contributed by atoms with van der Waals surface area (Å²) in [7, 11) is 0. The van der Waals surface area contributed by atoms with Gasteiger partial charge in [-0.25, -0.2) is 4.79 Å². The second kappa shape index (κ2) is 9.43. The molecule has 0 spiro atoms. The first-order chi connectivity index (χ1) is 13.7. The summed E-state index contributed by atoms with van der Waals surface area (Å²) in [6, 6.07) is 18.8. The highest BCUT2D eigenvalue weighted by molar-refractivity contribution is 7.09. The van der Waals surface area contributed by atoms with Crippen LogP contribution in [0.5, 0.6) is 0 Å². The van der Waals surface area contributed by atoms with Crippen LogP contribution in [0.1, 0.15) is 23.1 Å². The second-order valence-electron chi connectivity index (χ2n) is 5.59. The van der Waals surface area contributed by atoms with Crippen LogP contribution in [0, 0.1) is 0 Å². The van der Waals surface area contributed by atoms with E-state index in [0.29, 0.717) is 0 Å². The molecular formula is C20H18N4O3S. The zero-order valence-electron chi connectivity index (χ0n) is 14.9. The number of nitrogen functional groups attached to an aromatic ring is 1. The maximum Gasteiger partial charge on any atom is 0.365 e. The molecule has 0 fully saturated rings. The zero-order valence-corrected chi connectivity index (χ0v) is 15.7. The van der Waals surface area contributed by atoms with Gasteiger partial charge in [0.15, 0.2) is 11.2 Å². The molecule has 2 N–H and O–H groups in total. The van der Waals surface area contributed by atoms with E-state index in [1.54, 1.807) is 0 Å². The fourth-order valence-corrected chi connectivity index (χ4v) is 2.84. The van der Waals surface area contributed by atoms with E-state index in [2.05, 4.69) is 21.1 Å². The highest BCUT2D eigenvalue weighted by Gasteiger charge is 2.26. The van der Waals surface area contributed by atoms with Crippen LogP contribution in [0.2, 0.25) is 0 Å². The van der Waals surface area contributed by atoms with Gasteiger partial charge in [0.2, 0.25) is 11.5 Å². The van der Waals surface area contributed by atoms with E-state index in [9.17, 15) is 4.79 Å². The lowest BCUT2D eigenvalue weighted by Crippen LogP contribution is -2.23. The summed E-state index contributed by atoms with van der Waals surface area (Å²) in [5.74, 6) is -0.670. The number of benzene rings is 2. The Morgan fingerprint density at radius 3 is 2.25 bits per heavy atom. The molecule has 0 aliphatic heterocycles. The molecule has 3 aromatic rings. The van der Waals surface area contributed by atoms with Gasteiger partial charge in [-0.15, -0.1) is 0 Å². The Morgan fingerprint density at radius 1 is 1.14 bits per heavy atom. The monoisotopic (exact) mass is 394 g/mol. The number of carbonyl (C=O) groups is 1. The molecule has 0 unspecified atom stereocenters. The van der Waals surface area contributed by atoms with Crippen molar-refractivity contribution >= 4 is 28.3 Å². The van der Waals surface area contributed by atoms with Gasteiger partial charge in [-0.3, -0.25) is 0 Å². The van der Waals surface area contributed by atoms with Gasteiger partial charge in [-0.05, 0) is 11.1 Å². The molecule has 0 radical (unpaired) electrons. The van der Waals surface area contributed by atoms with Gasteiger partial charge >= 0.3 is 5.97 Å². The Balaban J connectivity index is 1.92. The van der Waals surface area contributed by atoms with Crippen molar-refractivity contribution in [2.75, 3.05) is 12.3 Å². The first-order valence-corrected chi connectivity index (χ1v) is 9.17. The molecule has 28 heavy (non-hydrogen) atoms. The lowest BCUT2D eigenvalue weighted by atomic mass is 10.0. The van der Waals surface area contributed by atoms with Crippen LogP contribution in [-0.2, 0) is 14.4 Å². The Labute approximate surface area is 166 Å². The molecule has 0 aliphatic rings. The number of rotatable bonds is 8. The minimum absolute atomic E-state index is 0.0523. The van der Waals surface area contributed by atoms with E-state index in [1.807, 2.05) is 60.7 Å². The fourth-order valence-electron chi connectivity index (χ4n) is 2.40. The summed E-state index contributed by atoms with van der Waals surface area (Å²) in [6.07, 6.45) is 0.877. The summed E-state index contributed by atoms with van der Waals surface area (Å²) in [4.78, 5) is 22.0. The molecule has 2 aromatic carbocycles. The quantitative estimate of drug-likeness (QED) is 0.207. The van der Waals surface area contributed by atoms with Gasteiger partial charge in [0.25, 0.3) is 0 Å². The normalized spacial score (nSPS) is 11.2. The average molecular weight is 394 g/mol. The number of aromatic nitrogens is 2. The lowest BCUT2D eigenvalue weighted by molar-refractivity contribution is -0.139. The van der Waals surface area contributed by atoms with Crippen molar-refractivity contribution < 1.29 is 14.4 Å². The third-order valence-corrected chi connectivity index (χ3v) is 4.17. The molecule has 142 valence electrons. The van der Waals surface area contributed by atoms with Crippen LogP contribution in [0.4, 0.5) is 5.13 Å². The smallest absolute Gasteiger partial charge is 0.365 e. The van der Waals surface area contributed by atoms with Gasteiger partial charge in [0.05, 0.1) is 0 Å². The van der Waals surface area contributed by atoms with Crippen LogP contribution in [0.3, 0.4) is 0 Å². The first kappa shape index (κ1) is 19.2. The van der Waals surface area contributed by atoms with Gasteiger partial charge in [-0.2, -0.15) is 9.36 Å². The number of oxime groups is 1. The number of hydrogen-bond donors (Lipinski definition) is 1. The summed E-state index contributed by atoms with van der Waals surface area (Å²) in [6.45, 7) is 3.67. The van der Waals surface area contributed by atoms with Crippen molar-refractivity contribution in [2.45, 2.75) is 6.10 Å². The van der Waals surface area contributed by atoms with Crippen LogP contribution in [0.25, 0.3) is 0 Å². The number of ether oxygens (including phenoxy) is 1. The number of esters is 1. The maximum absolute atomic E-state index is 12.9.